The van der Waals surface area contributed by atoms with Crippen LogP contribution in [0.5, 0.6) is 0 Å². The van der Waals surface area contributed by atoms with Crippen LogP contribution in [0.1, 0.15) is 36.8 Å². The van der Waals surface area contributed by atoms with Gasteiger partial charge in [-0.1, -0.05) is 30.7 Å². The van der Waals surface area contributed by atoms with Crippen LogP contribution in [0.15, 0.2) is 24.3 Å². The van der Waals surface area contributed by atoms with Crippen molar-refractivity contribution >= 4 is 27.5 Å². The highest BCUT2D eigenvalue weighted by molar-refractivity contribution is 8.02. The average molecular weight is 397 g/mol. The molecule has 1 aromatic carbocycles. The summed E-state index contributed by atoms with van der Waals surface area (Å²) in [6.45, 7) is 3.79. The summed E-state index contributed by atoms with van der Waals surface area (Å²) in [5.41, 5.74) is 2.45. The second-order valence-corrected chi connectivity index (χ2v) is 10.7. The van der Waals surface area contributed by atoms with Crippen LogP contribution in [-0.4, -0.2) is 54.8 Å². The van der Waals surface area contributed by atoms with Gasteiger partial charge in [0.25, 0.3) is 0 Å². The number of hydrogen-bond donors (Lipinski definition) is 1. The zero-order valence-electron chi connectivity index (χ0n) is 15.2. The number of piperidine rings is 1. The van der Waals surface area contributed by atoms with Crippen molar-refractivity contribution in [2.75, 3.05) is 30.3 Å². The molecule has 2 fully saturated rings. The zero-order valence-corrected chi connectivity index (χ0v) is 16.8. The van der Waals surface area contributed by atoms with Gasteiger partial charge < -0.3 is 5.32 Å². The van der Waals surface area contributed by atoms with Crippen LogP contribution in [0.4, 0.5) is 0 Å². The van der Waals surface area contributed by atoms with Crippen LogP contribution < -0.4 is 5.32 Å². The molecule has 26 heavy (non-hydrogen) atoms. The third-order valence-corrected chi connectivity index (χ3v) is 8.36. The maximum atomic E-state index is 12.1. The number of amides is 1. The summed E-state index contributed by atoms with van der Waals surface area (Å²) >= 11 is 1.46. The molecule has 0 aromatic heterocycles. The average Bonchev–Trinajstić information content (AvgIpc) is 2.99. The fraction of sp³-hybridized carbons (Fsp3) is 0.632. The summed E-state index contributed by atoms with van der Waals surface area (Å²) in [4.78, 5) is 14.6. The number of hydrogen-bond acceptors (Lipinski definition) is 5. The minimum atomic E-state index is -2.88. The van der Waals surface area contributed by atoms with E-state index in [1.165, 1.54) is 42.2 Å². The fourth-order valence-corrected chi connectivity index (χ4v) is 7.05. The molecular formula is C19H28N2O3S2. The van der Waals surface area contributed by atoms with Gasteiger partial charge >= 0.3 is 0 Å². The van der Waals surface area contributed by atoms with E-state index < -0.39 is 9.84 Å². The summed E-state index contributed by atoms with van der Waals surface area (Å²) in [5, 5.41) is 3.06. The molecule has 3 rings (SSSR count). The lowest BCUT2D eigenvalue weighted by molar-refractivity contribution is -0.118. The largest absolute Gasteiger partial charge is 0.351 e. The molecule has 1 amide bonds. The van der Waals surface area contributed by atoms with Gasteiger partial charge in [0.2, 0.25) is 5.91 Å². The highest BCUT2D eigenvalue weighted by Gasteiger charge is 2.28. The lowest BCUT2D eigenvalue weighted by atomic mass is 10.0. The molecule has 2 saturated heterocycles. The van der Waals surface area contributed by atoms with Crippen molar-refractivity contribution in [3.8, 4) is 0 Å². The van der Waals surface area contributed by atoms with Gasteiger partial charge in [0, 0.05) is 18.3 Å². The van der Waals surface area contributed by atoms with Gasteiger partial charge in [0.15, 0.2) is 9.84 Å². The minimum Gasteiger partial charge on any atom is -0.351 e. The SMILES string of the molecule is O=C(CSC1CCS(=O)(=O)C1)NCc1ccccc1CN1CCCCC1. The number of rotatable bonds is 7. The molecule has 0 radical (unpaired) electrons. The van der Waals surface area contributed by atoms with E-state index in [1.54, 1.807) is 0 Å². The number of benzene rings is 1. The molecule has 0 saturated carbocycles. The molecule has 0 spiro atoms. The highest BCUT2D eigenvalue weighted by Crippen LogP contribution is 2.24. The van der Waals surface area contributed by atoms with Gasteiger partial charge in [-0.05, 0) is 43.5 Å². The predicted octanol–water partition coefficient (Wildman–Crippen LogP) is 2.21. The Morgan fingerprint density at radius 2 is 1.88 bits per heavy atom. The lowest BCUT2D eigenvalue weighted by Gasteiger charge is -2.27. The molecule has 7 heteroatoms. The number of carbonyl (C=O) groups is 1. The van der Waals surface area contributed by atoms with Gasteiger partial charge in [-0.15, -0.1) is 11.8 Å². The summed E-state index contributed by atoms with van der Waals surface area (Å²) in [7, 11) is -2.88. The molecule has 0 aliphatic carbocycles. The Kier molecular flexibility index (Phi) is 7.00. The van der Waals surface area contributed by atoms with E-state index in [0.29, 0.717) is 18.7 Å². The van der Waals surface area contributed by atoms with Gasteiger partial charge in [-0.25, -0.2) is 8.42 Å². The Morgan fingerprint density at radius 1 is 1.15 bits per heavy atom. The number of nitrogens with one attached hydrogen (secondary N) is 1. The Balaban J connectivity index is 1.45. The van der Waals surface area contributed by atoms with Gasteiger partial charge in [-0.3, -0.25) is 9.69 Å². The normalized spacial score (nSPS) is 23.0. The van der Waals surface area contributed by atoms with Crippen molar-refractivity contribution in [2.24, 2.45) is 0 Å². The fourth-order valence-electron chi connectivity index (χ4n) is 3.57. The molecular weight excluding hydrogens is 368 g/mol. The quantitative estimate of drug-likeness (QED) is 0.765. The van der Waals surface area contributed by atoms with Crippen molar-refractivity contribution in [3.05, 3.63) is 35.4 Å². The van der Waals surface area contributed by atoms with E-state index in [0.717, 1.165) is 19.6 Å². The standard InChI is InChI=1S/C19H28N2O3S2/c22-19(14-25-18-8-11-26(23,24)15-18)20-12-16-6-2-3-7-17(16)13-21-9-4-1-5-10-21/h2-3,6-7,18H,1,4-5,8-15H2,(H,20,22). The summed E-state index contributed by atoms with van der Waals surface area (Å²) in [5.74, 6) is 0.779. The third-order valence-electron chi connectivity index (χ3n) is 5.08. The molecule has 1 unspecified atom stereocenters. The number of carbonyl (C=O) groups excluding carboxylic acids is 1. The van der Waals surface area contributed by atoms with Crippen molar-refractivity contribution < 1.29 is 13.2 Å². The predicted molar refractivity (Wildman–Crippen MR) is 107 cm³/mol. The van der Waals surface area contributed by atoms with Crippen molar-refractivity contribution in [1.29, 1.82) is 0 Å². The molecule has 1 N–H and O–H groups in total. The van der Waals surface area contributed by atoms with Crippen LogP contribution in [0.25, 0.3) is 0 Å². The number of likely N-dealkylation sites (tertiary alicyclic amines) is 1. The van der Waals surface area contributed by atoms with Crippen LogP contribution in [0.2, 0.25) is 0 Å². The topological polar surface area (TPSA) is 66.5 Å². The first-order valence-electron chi connectivity index (χ1n) is 9.40. The molecule has 2 aliphatic heterocycles. The van der Waals surface area contributed by atoms with Crippen LogP contribution in [0, 0.1) is 0 Å². The molecule has 2 aliphatic rings. The van der Waals surface area contributed by atoms with Gasteiger partial charge in [0.05, 0.1) is 17.3 Å². The van der Waals surface area contributed by atoms with E-state index in [9.17, 15) is 13.2 Å². The van der Waals surface area contributed by atoms with E-state index in [4.69, 9.17) is 0 Å². The first-order valence-corrected chi connectivity index (χ1v) is 12.3. The smallest absolute Gasteiger partial charge is 0.230 e. The summed E-state index contributed by atoms with van der Waals surface area (Å²) < 4.78 is 23.0. The van der Waals surface area contributed by atoms with Crippen LogP contribution in [-0.2, 0) is 27.7 Å². The first kappa shape index (κ1) is 19.7. The molecule has 0 bridgehead atoms. The summed E-state index contributed by atoms with van der Waals surface area (Å²) in [6, 6.07) is 8.30. The Labute approximate surface area is 160 Å². The van der Waals surface area contributed by atoms with E-state index >= 15 is 0 Å². The maximum Gasteiger partial charge on any atom is 0.230 e. The Morgan fingerprint density at radius 3 is 2.58 bits per heavy atom. The van der Waals surface area contributed by atoms with Crippen molar-refractivity contribution in [2.45, 2.75) is 44.0 Å². The Hall–Kier alpha value is -1.05. The number of nitrogens with zero attached hydrogens (tertiary/aromatic N) is 1. The minimum absolute atomic E-state index is 0.0212. The summed E-state index contributed by atoms with van der Waals surface area (Å²) in [6.07, 6.45) is 4.53. The zero-order chi connectivity index (χ0) is 18.4. The highest BCUT2D eigenvalue weighted by atomic mass is 32.2. The molecule has 1 atom stereocenters. The van der Waals surface area contributed by atoms with Gasteiger partial charge in [0.1, 0.15) is 0 Å². The van der Waals surface area contributed by atoms with E-state index in [1.807, 2.05) is 6.07 Å². The van der Waals surface area contributed by atoms with E-state index in [-0.39, 0.29) is 22.7 Å². The lowest BCUT2D eigenvalue weighted by Crippen LogP contribution is -2.30. The monoisotopic (exact) mass is 396 g/mol. The molecule has 2 heterocycles. The Bertz CT molecular complexity index is 715. The molecule has 1 aromatic rings. The van der Waals surface area contributed by atoms with Crippen molar-refractivity contribution in [1.82, 2.24) is 10.2 Å². The van der Waals surface area contributed by atoms with E-state index in [2.05, 4.69) is 28.4 Å². The second kappa shape index (κ2) is 9.24. The van der Waals surface area contributed by atoms with Gasteiger partial charge in [-0.2, -0.15) is 0 Å². The van der Waals surface area contributed by atoms with Crippen molar-refractivity contribution in [3.63, 3.8) is 0 Å². The number of thioether (sulfide) groups is 1. The van der Waals surface area contributed by atoms with Crippen LogP contribution >= 0.6 is 11.8 Å². The maximum absolute atomic E-state index is 12.1. The first-order chi connectivity index (χ1) is 12.5. The molecule has 144 valence electrons. The van der Waals surface area contributed by atoms with Crippen LogP contribution in [0.3, 0.4) is 0 Å². The molecule has 5 nitrogen and oxygen atoms in total. The second-order valence-electron chi connectivity index (χ2n) is 7.22. The third kappa shape index (κ3) is 5.99. The number of sulfone groups is 1.